The summed E-state index contributed by atoms with van der Waals surface area (Å²) < 4.78 is 6.05. The Morgan fingerprint density at radius 2 is 1.77 bits per heavy atom. The van der Waals surface area contributed by atoms with Crippen LogP contribution >= 0.6 is 0 Å². The molecule has 1 N–H and O–H groups in total. The molecule has 0 bridgehead atoms. The first kappa shape index (κ1) is 21.2. The van der Waals surface area contributed by atoms with Gasteiger partial charge in [-0.15, -0.1) is 0 Å². The molecule has 1 fully saturated rings. The van der Waals surface area contributed by atoms with Gasteiger partial charge in [0, 0.05) is 19.6 Å². The van der Waals surface area contributed by atoms with Crippen LogP contribution in [0.3, 0.4) is 0 Å². The number of fused-ring (bicyclic) bond motifs is 1. The average Bonchev–Trinajstić information content (AvgIpc) is 2.80. The van der Waals surface area contributed by atoms with Gasteiger partial charge in [-0.25, -0.2) is 0 Å². The molecule has 0 saturated carbocycles. The van der Waals surface area contributed by atoms with Crippen LogP contribution in [0.4, 0.5) is 5.69 Å². The van der Waals surface area contributed by atoms with Gasteiger partial charge in [-0.3, -0.25) is 9.59 Å². The lowest BCUT2D eigenvalue weighted by Gasteiger charge is -2.38. The molecule has 2 aliphatic rings. The number of carbonyl (C=O) groups is 2. The minimum absolute atomic E-state index is 0.0270. The van der Waals surface area contributed by atoms with Gasteiger partial charge in [-0.05, 0) is 55.9 Å². The van der Waals surface area contributed by atoms with Crippen molar-refractivity contribution in [3.8, 4) is 5.75 Å². The number of ether oxygens (including phenoxy) is 1. The number of nitrogens with one attached hydrogen (secondary N) is 1. The van der Waals surface area contributed by atoms with Crippen LogP contribution in [-0.4, -0.2) is 55.5 Å². The van der Waals surface area contributed by atoms with Crippen molar-refractivity contribution in [1.82, 2.24) is 10.2 Å². The largest absolute Gasteiger partial charge is 0.477 e. The summed E-state index contributed by atoms with van der Waals surface area (Å²) in [7, 11) is 0. The summed E-state index contributed by atoms with van der Waals surface area (Å²) in [6.07, 6.45) is 3.48. The number of rotatable bonds is 6. The summed E-state index contributed by atoms with van der Waals surface area (Å²) in [5, 5.41) is 3.03. The van der Waals surface area contributed by atoms with Crippen molar-refractivity contribution in [1.29, 1.82) is 0 Å². The zero-order chi connectivity index (χ0) is 21.6. The lowest BCUT2D eigenvalue weighted by Crippen LogP contribution is -2.53. The highest BCUT2D eigenvalue weighted by molar-refractivity contribution is 5.86. The number of piperidine rings is 1. The third kappa shape index (κ3) is 5.19. The highest BCUT2D eigenvalue weighted by Crippen LogP contribution is 2.33. The van der Waals surface area contributed by atoms with Gasteiger partial charge in [0.15, 0.2) is 6.10 Å². The molecule has 0 aromatic heterocycles. The monoisotopic (exact) mass is 421 g/mol. The Hall–Kier alpha value is -3.02. The topological polar surface area (TPSA) is 61.9 Å². The molecule has 0 aliphatic carbocycles. The van der Waals surface area contributed by atoms with E-state index in [-0.39, 0.29) is 18.4 Å². The molecule has 2 amide bonds. The van der Waals surface area contributed by atoms with Gasteiger partial charge in [0.25, 0.3) is 5.91 Å². The van der Waals surface area contributed by atoms with Crippen molar-refractivity contribution in [2.45, 2.75) is 38.7 Å². The van der Waals surface area contributed by atoms with Gasteiger partial charge < -0.3 is 19.9 Å². The summed E-state index contributed by atoms with van der Waals surface area (Å²) in [5.41, 5.74) is 3.34. The summed E-state index contributed by atoms with van der Waals surface area (Å²) in [5.74, 6) is 0.644. The van der Waals surface area contributed by atoms with Crippen molar-refractivity contribution < 1.29 is 14.3 Å². The minimum Gasteiger partial charge on any atom is -0.477 e. The molecule has 2 aromatic carbocycles. The first-order valence-corrected chi connectivity index (χ1v) is 11.2. The third-order valence-electron chi connectivity index (χ3n) is 6.12. The van der Waals surface area contributed by atoms with Gasteiger partial charge in [-0.2, -0.15) is 0 Å². The van der Waals surface area contributed by atoms with Crippen LogP contribution in [0.2, 0.25) is 0 Å². The zero-order valence-corrected chi connectivity index (χ0v) is 18.2. The number of anilines is 1. The van der Waals surface area contributed by atoms with Crippen LogP contribution in [0.1, 0.15) is 30.4 Å². The van der Waals surface area contributed by atoms with E-state index in [1.54, 1.807) is 0 Å². The number of aryl methyl sites for hydroxylation is 1. The van der Waals surface area contributed by atoms with Crippen LogP contribution in [-0.2, 0) is 16.0 Å². The molecule has 6 nitrogen and oxygen atoms in total. The minimum atomic E-state index is -0.576. The third-order valence-corrected chi connectivity index (χ3v) is 6.12. The second-order valence-corrected chi connectivity index (χ2v) is 8.37. The molecular formula is C25H31N3O3. The fourth-order valence-corrected chi connectivity index (χ4v) is 4.36. The normalized spacial score (nSPS) is 18.2. The molecule has 1 atom stereocenters. The Labute approximate surface area is 184 Å². The van der Waals surface area contributed by atoms with Crippen molar-refractivity contribution in [3.05, 3.63) is 59.7 Å². The van der Waals surface area contributed by atoms with E-state index in [0.717, 1.165) is 38.0 Å². The van der Waals surface area contributed by atoms with Crippen LogP contribution < -0.4 is 15.0 Å². The van der Waals surface area contributed by atoms with E-state index in [4.69, 9.17) is 4.74 Å². The van der Waals surface area contributed by atoms with E-state index in [1.807, 2.05) is 46.2 Å². The number of para-hydroxylation sites is 2. The van der Waals surface area contributed by atoms with Crippen LogP contribution in [0.15, 0.2) is 48.5 Å². The molecule has 1 saturated heterocycles. The van der Waals surface area contributed by atoms with Crippen LogP contribution in [0.5, 0.6) is 5.75 Å². The fraction of sp³-hybridized carbons (Fsp3) is 0.440. The smallest absolute Gasteiger partial charge is 0.265 e. The molecule has 4 rings (SSSR count). The van der Waals surface area contributed by atoms with E-state index < -0.39 is 6.10 Å². The van der Waals surface area contributed by atoms with Crippen molar-refractivity contribution in [3.63, 3.8) is 0 Å². The molecular weight excluding hydrogens is 390 g/mol. The second kappa shape index (κ2) is 9.86. The standard InChI is InChI=1S/C25H31N3O3/c1-19-9-3-4-10-20(19)13-14-26-24(29)18-28-17-23(25(30)27-15-7-2-8-16-27)31-22-12-6-5-11-21(22)28/h3-6,9-12,23H,2,7-8,13-18H2,1H3,(H,26,29)/t23-/m0/s1. The maximum atomic E-state index is 13.0. The van der Waals surface area contributed by atoms with E-state index >= 15 is 0 Å². The average molecular weight is 422 g/mol. The predicted molar refractivity (Wildman–Crippen MR) is 121 cm³/mol. The van der Waals surface area contributed by atoms with Gasteiger partial charge in [0.1, 0.15) is 5.75 Å². The van der Waals surface area contributed by atoms with Crippen molar-refractivity contribution >= 4 is 17.5 Å². The summed E-state index contributed by atoms with van der Waals surface area (Å²) in [6.45, 7) is 4.85. The molecule has 0 spiro atoms. The quantitative estimate of drug-likeness (QED) is 0.779. The second-order valence-electron chi connectivity index (χ2n) is 8.37. The lowest BCUT2D eigenvalue weighted by atomic mass is 10.1. The van der Waals surface area contributed by atoms with Gasteiger partial charge in [0.2, 0.25) is 5.91 Å². The maximum Gasteiger partial charge on any atom is 0.265 e. The Morgan fingerprint density at radius 3 is 2.58 bits per heavy atom. The fourth-order valence-electron chi connectivity index (χ4n) is 4.36. The van der Waals surface area contributed by atoms with E-state index in [1.165, 1.54) is 17.5 Å². The summed E-state index contributed by atoms with van der Waals surface area (Å²) in [6, 6.07) is 15.9. The van der Waals surface area contributed by atoms with Crippen LogP contribution in [0, 0.1) is 6.92 Å². The molecule has 6 heteroatoms. The molecule has 0 unspecified atom stereocenters. The number of hydrogen-bond acceptors (Lipinski definition) is 4. The highest BCUT2D eigenvalue weighted by atomic mass is 16.5. The van der Waals surface area contributed by atoms with Crippen molar-refractivity contribution in [2.75, 3.05) is 37.6 Å². The number of likely N-dealkylation sites (tertiary alicyclic amines) is 1. The van der Waals surface area contributed by atoms with E-state index in [0.29, 0.717) is 18.8 Å². The number of benzene rings is 2. The number of nitrogens with zero attached hydrogens (tertiary/aromatic N) is 2. The Morgan fingerprint density at radius 1 is 1.03 bits per heavy atom. The number of hydrogen-bond donors (Lipinski definition) is 1. The lowest BCUT2D eigenvalue weighted by molar-refractivity contribution is -0.139. The van der Waals surface area contributed by atoms with E-state index in [2.05, 4.69) is 24.4 Å². The molecule has 2 aromatic rings. The summed E-state index contributed by atoms with van der Waals surface area (Å²) >= 11 is 0. The SMILES string of the molecule is Cc1ccccc1CCNC(=O)CN1C[C@@H](C(=O)N2CCCCC2)Oc2ccccc21. The molecule has 164 valence electrons. The number of carbonyl (C=O) groups excluding carboxylic acids is 2. The molecule has 0 radical (unpaired) electrons. The molecule has 31 heavy (non-hydrogen) atoms. The molecule has 2 heterocycles. The van der Waals surface area contributed by atoms with Crippen molar-refractivity contribution in [2.24, 2.45) is 0 Å². The van der Waals surface area contributed by atoms with Gasteiger partial charge >= 0.3 is 0 Å². The summed E-state index contributed by atoms with van der Waals surface area (Å²) in [4.78, 5) is 29.6. The van der Waals surface area contributed by atoms with Crippen LogP contribution in [0.25, 0.3) is 0 Å². The first-order valence-electron chi connectivity index (χ1n) is 11.2. The Balaban J connectivity index is 1.38. The predicted octanol–water partition coefficient (Wildman–Crippen LogP) is 2.93. The Bertz CT molecular complexity index is 924. The highest BCUT2D eigenvalue weighted by Gasteiger charge is 2.34. The number of amides is 2. The van der Waals surface area contributed by atoms with E-state index in [9.17, 15) is 9.59 Å². The molecule has 2 aliphatic heterocycles. The van der Waals surface area contributed by atoms with Gasteiger partial charge in [-0.1, -0.05) is 36.4 Å². The van der Waals surface area contributed by atoms with Gasteiger partial charge in [0.05, 0.1) is 18.8 Å². The maximum absolute atomic E-state index is 13.0. The Kier molecular flexibility index (Phi) is 6.75. The first-order chi connectivity index (χ1) is 15.1. The zero-order valence-electron chi connectivity index (χ0n) is 18.2.